The van der Waals surface area contributed by atoms with Crippen LogP contribution in [0.5, 0.6) is 0 Å². The van der Waals surface area contributed by atoms with E-state index in [1.165, 1.54) is 7.11 Å². The van der Waals surface area contributed by atoms with Gasteiger partial charge in [-0.2, -0.15) is 0 Å². The lowest BCUT2D eigenvalue weighted by molar-refractivity contribution is -0.140. The second kappa shape index (κ2) is 7.99. The summed E-state index contributed by atoms with van der Waals surface area (Å²) in [4.78, 5) is 22.7. The topological polar surface area (TPSA) is 81.4 Å². The molecule has 1 aromatic rings. The highest BCUT2D eigenvalue weighted by molar-refractivity contribution is 5.97. The van der Waals surface area contributed by atoms with Crippen LogP contribution in [0, 0.1) is 0 Å². The third-order valence-electron chi connectivity index (χ3n) is 2.80. The molecular weight excluding hydrogens is 256 g/mol. The van der Waals surface area contributed by atoms with E-state index in [1.807, 2.05) is 18.2 Å². The van der Waals surface area contributed by atoms with Crippen molar-refractivity contribution in [3.8, 4) is 0 Å². The molecule has 0 saturated heterocycles. The molecule has 1 amide bonds. The summed E-state index contributed by atoms with van der Waals surface area (Å²) in [5.74, 6) is -0.443. The van der Waals surface area contributed by atoms with Crippen molar-refractivity contribution >= 4 is 23.6 Å². The molecule has 0 fully saturated rings. The minimum Gasteiger partial charge on any atom is -0.469 e. The van der Waals surface area contributed by atoms with Gasteiger partial charge in [-0.3, -0.25) is 9.59 Å². The Morgan fingerprint density at radius 1 is 1.35 bits per heavy atom. The lowest BCUT2D eigenvalue weighted by Gasteiger charge is -2.06. The first-order chi connectivity index (χ1) is 9.54. The van der Waals surface area contributed by atoms with Crippen LogP contribution in [0.2, 0.25) is 0 Å². The smallest absolute Gasteiger partial charge is 0.305 e. The van der Waals surface area contributed by atoms with E-state index in [2.05, 4.69) is 10.1 Å². The Balaban J connectivity index is 2.47. The lowest BCUT2D eigenvalue weighted by Crippen LogP contribution is -2.25. The van der Waals surface area contributed by atoms with Crippen molar-refractivity contribution in [2.75, 3.05) is 19.4 Å². The molecule has 108 valence electrons. The number of para-hydroxylation sites is 1. The minimum atomic E-state index is -0.274. The first kappa shape index (κ1) is 15.8. The number of hydrogen-bond acceptors (Lipinski definition) is 4. The number of carbonyl (C=O) groups is 2. The molecule has 3 N–H and O–H groups in total. The van der Waals surface area contributed by atoms with Gasteiger partial charge in [0.15, 0.2) is 0 Å². The van der Waals surface area contributed by atoms with Gasteiger partial charge in [-0.15, -0.1) is 0 Å². The molecule has 0 bridgehead atoms. The molecule has 1 rings (SSSR count). The Labute approximate surface area is 118 Å². The predicted octanol–water partition coefficient (Wildman–Crippen LogP) is 1.74. The second-order valence-corrected chi connectivity index (χ2v) is 4.39. The molecule has 0 heterocycles. The number of nitrogens with two attached hydrogens (primary N) is 1. The number of hydrogen-bond donors (Lipinski definition) is 2. The fraction of sp³-hybridized carbons (Fsp3) is 0.333. The van der Waals surface area contributed by atoms with E-state index in [9.17, 15) is 9.59 Å². The van der Waals surface area contributed by atoms with Crippen LogP contribution in [0.4, 0.5) is 5.69 Å². The van der Waals surface area contributed by atoms with Gasteiger partial charge < -0.3 is 15.8 Å². The van der Waals surface area contributed by atoms with Crippen LogP contribution in [0.15, 0.2) is 29.8 Å². The van der Waals surface area contributed by atoms with Crippen LogP contribution in [0.1, 0.15) is 25.3 Å². The van der Waals surface area contributed by atoms with Crippen molar-refractivity contribution in [2.24, 2.45) is 0 Å². The SMILES string of the molecule is COC(=O)CCCNC(=O)C(C)=Cc1ccccc1N. The largest absolute Gasteiger partial charge is 0.469 e. The molecule has 0 aliphatic carbocycles. The highest BCUT2D eigenvalue weighted by Crippen LogP contribution is 2.14. The molecule has 20 heavy (non-hydrogen) atoms. The molecular formula is C15H20N2O3. The normalized spacial score (nSPS) is 11.0. The average molecular weight is 276 g/mol. The Kier molecular flexibility index (Phi) is 6.29. The minimum absolute atomic E-state index is 0.168. The van der Waals surface area contributed by atoms with Crippen LogP contribution in [-0.2, 0) is 14.3 Å². The van der Waals surface area contributed by atoms with Crippen molar-refractivity contribution in [3.63, 3.8) is 0 Å². The molecule has 5 heteroatoms. The number of methoxy groups -OCH3 is 1. The second-order valence-electron chi connectivity index (χ2n) is 4.39. The van der Waals surface area contributed by atoms with Gasteiger partial charge in [-0.25, -0.2) is 0 Å². The van der Waals surface area contributed by atoms with E-state index in [-0.39, 0.29) is 11.9 Å². The molecule has 0 aliphatic rings. The number of anilines is 1. The zero-order chi connectivity index (χ0) is 15.0. The van der Waals surface area contributed by atoms with Crippen LogP contribution in [0.3, 0.4) is 0 Å². The Hall–Kier alpha value is -2.30. The Bertz CT molecular complexity index is 510. The van der Waals surface area contributed by atoms with E-state index < -0.39 is 0 Å². The standard InChI is InChI=1S/C15H20N2O3/c1-11(10-12-6-3-4-7-13(12)16)15(19)17-9-5-8-14(18)20-2/h3-4,6-7,10H,5,8-9,16H2,1-2H3,(H,17,19). The van der Waals surface area contributed by atoms with Gasteiger partial charge in [0.1, 0.15) is 0 Å². The lowest BCUT2D eigenvalue weighted by atomic mass is 10.1. The summed E-state index contributed by atoms with van der Waals surface area (Å²) < 4.78 is 4.52. The highest BCUT2D eigenvalue weighted by Gasteiger charge is 2.05. The molecule has 0 aromatic heterocycles. The zero-order valence-electron chi connectivity index (χ0n) is 11.8. The van der Waals surface area contributed by atoms with E-state index in [0.717, 1.165) is 5.56 Å². The monoisotopic (exact) mass is 276 g/mol. The summed E-state index contributed by atoms with van der Waals surface area (Å²) in [6.07, 6.45) is 2.59. The molecule has 0 spiro atoms. The zero-order valence-corrected chi connectivity index (χ0v) is 11.8. The maximum Gasteiger partial charge on any atom is 0.305 e. The van der Waals surface area contributed by atoms with Crippen LogP contribution >= 0.6 is 0 Å². The molecule has 1 aromatic carbocycles. The van der Waals surface area contributed by atoms with Gasteiger partial charge in [-0.1, -0.05) is 18.2 Å². The number of rotatable bonds is 6. The maximum absolute atomic E-state index is 11.8. The first-order valence-corrected chi connectivity index (χ1v) is 6.42. The third kappa shape index (κ3) is 5.14. The van der Waals surface area contributed by atoms with E-state index in [0.29, 0.717) is 30.6 Å². The number of esters is 1. The highest BCUT2D eigenvalue weighted by atomic mass is 16.5. The average Bonchev–Trinajstić information content (AvgIpc) is 2.45. The maximum atomic E-state index is 11.8. The Morgan fingerprint density at radius 2 is 2.05 bits per heavy atom. The van der Waals surface area contributed by atoms with Crippen molar-refractivity contribution < 1.29 is 14.3 Å². The Morgan fingerprint density at radius 3 is 2.70 bits per heavy atom. The number of ether oxygens (including phenoxy) is 1. The fourth-order valence-corrected chi connectivity index (χ4v) is 1.62. The van der Waals surface area contributed by atoms with E-state index >= 15 is 0 Å². The number of nitrogen functional groups attached to an aromatic ring is 1. The number of amides is 1. The van der Waals surface area contributed by atoms with Gasteiger partial charge >= 0.3 is 5.97 Å². The number of carbonyl (C=O) groups excluding carboxylic acids is 2. The van der Waals surface area contributed by atoms with Crippen molar-refractivity contribution in [1.29, 1.82) is 0 Å². The van der Waals surface area contributed by atoms with Gasteiger partial charge in [-0.05, 0) is 31.1 Å². The van der Waals surface area contributed by atoms with Crippen LogP contribution in [-0.4, -0.2) is 25.5 Å². The van der Waals surface area contributed by atoms with Gasteiger partial charge in [0.05, 0.1) is 7.11 Å². The van der Waals surface area contributed by atoms with Gasteiger partial charge in [0.2, 0.25) is 5.91 Å². The summed E-state index contributed by atoms with van der Waals surface area (Å²) in [6, 6.07) is 7.34. The summed E-state index contributed by atoms with van der Waals surface area (Å²) in [5, 5.41) is 2.75. The van der Waals surface area contributed by atoms with Crippen molar-refractivity contribution in [3.05, 3.63) is 35.4 Å². The molecule has 0 radical (unpaired) electrons. The molecule has 5 nitrogen and oxygen atoms in total. The number of benzene rings is 1. The van der Waals surface area contributed by atoms with E-state index in [4.69, 9.17) is 5.73 Å². The fourth-order valence-electron chi connectivity index (χ4n) is 1.62. The molecule has 0 aliphatic heterocycles. The molecule has 0 atom stereocenters. The summed E-state index contributed by atoms with van der Waals surface area (Å²) >= 11 is 0. The number of nitrogens with one attached hydrogen (secondary N) is 1. The summed E-state index contributed by atoms with van der Waals surface area (Å²) in [6.45, 7) is 2.16. The molecule has 0 saturated carbocycles. The first-order valence-electron chi connectivity index (χ1n) is 6.42. The van der Waals surface area contributed by atoms with Crippen LogP contribution in [0.25, 0.3) is 6.08 Å². The van der Waals surface area contributed by atoms with Crippen LogP contribution < -0.4 is 11.1 Å². The van der Waals surface area contributed by atoms with Crippen molar-refractivity contribution in [2.45, 2.75) is 19.8 Å². The van der Waals surface area contributed by atoms with Crippen molar-refractivity contribution in [1.82, 2.24) is 5.32 Å². The van der Waals surface area contributed by atoms with E-state index in [1.54, 1.807) is 19.1 Å². The summed E-state index contributed by atoms with van der Waals surface area (Å²) in [5.41, 5.74) is 7.83. The van der Waals surface area contributed by atoms with Gasteiger partial charge in [0, 0.05) is 24.2 Å². The quantitative estimate of drug-likeness (QED) is 0.359. The predicted molar refractivity (Wildman–Crippen MR) is 78.8 cm³/mol. The van der Waals surface area contributed by atoms with Gasteiger partial charge in [0.25, 0.3) is 0 Å². The molecule has 0 unspecified atom stereocenters. The summed E-state index contributed by atoms with van der Waals surface area (Å²) in [7, 11) is 1.35. The third-order valence-corrected chi connectivity index (χ3v) is 2.80.